The Labute approximate surface area is 104 Å². The topological polar surface area (TPSA) is 38.1 Å². The predicted molar refractivity (Wildman–Crippen MR) is 69.0 cm³/mol. The van der Waals surface area contributed by atoms with Crippen molar-refractivity contribution in [3.05, 3.63) is 17.0 Å². The monoisotopic (exact) mass is 236 g/mol. The maximum absolute atomic E-state index is 5.57. The van der Waals surface area contributed by atoms with Gasteiger partial charge in [-0.1, -0.05) is 39.8 Å². The second-order valence-electron chi connectivity index (χ2n) is 6.61. The average Bonchev–Trinajstić information content (AvgIpc) is 2.55. The second kappa shape index (κ2) is 4.13. The lowest BCUT2D eigenvalue weighted by Crippen LogP contribution is -2.35. The minimum atomic E-state index is 0.168. The van der Waals surface area contributed by atoms with Crippen LogP contribution in [-0.4, -0.2) is 11.7 Å². The summed E-state index contributed by atoms with van der Waals surface area (Å²) in [4.78, 5) is 0. The lowest BCUT2D eigenvalue weighted by atomic mass is 9.64. The molecule has 1 aromatic rings. The summed E-state index contributed by atoms with van der Waals surface area (Å²) >= 11 is 0. The fourth-order valence-electron chi connectivity index (χ4n) is 3.40. The zero-order chi connectivity index (χ0) is 12.7. The number of fused-ring (bicyclic) bond motifs is 1. The van der Waals surface area contributed by atoms with Crippen molar-refractivity contribution < 1.29 is 4.52 Å². The van der Waals surface area contributed by atoms with E-state index < -0.39 is 0 Å². The van der Waals surface area contributed by atoms with Gasteiger partial charge in [-0.15, -0.1) is 0 Å². The van der Waals surface area contributed by atoms with Gasteiger partial charge in [-0.25, -0.2) is 0 Å². The molecule has 17 heavy (non-hydrogen) atoms. The highest BCUT2D eigenvalue weighted by Crippen LogP contribution is 2.46. The molecule has 1 aliphatic rings. The van der Waals surface area contributed by atoms with E-state index in [0.717, 1.165) is 31.0 Å². The molecule has 96 valence electrons. The Bertz CT molecular complexity index is 404. The van der Waals surface area contributed by atoms with Gasteiger partial charge in [0.15, 0.2) is 0 Å². The third-order valence-corrected chi connectivity index (χ3v) is 3.61. The van der Waals surface area contributed by atoms with Crippen molar-refractivity contribution in [2.75, 3.05) is 6.54 Å². The van der Waals surface area contributed by atoms with Crippen LogP contribution in [0.25, 0.3) is 0 Å². The SMILES string of the molecule is CCNCc1noc2c1C(C)(C)CC(C)(C)C2. The molecule has 0 spiro atoms. The van der Waals surface area contributed by atoms with Gasteiger partial charge in [0.05, 0.1) is 0 Å². The van der Waals surface area contributed by atoms with Gasteiger partial charge in [-0.2, -0.15) is 0 Å². The van der Waals surface area contributed by atoms with Crippen LogP contribution in [0.4, 0.5) is 0 Å². The van der Waals surface area contributed by atoms with Crippen molar-refractivity contribution in [3.63, 3.8) is 0 Å². The van der Waals surface area contributed by atoms with Gasteiger partial charge in [-0.05, 0) is 23.8 Å². The Kier molecular flexibility index (Phi) is 3.06. The number of hydrogen-bond donors (Lipinski definition) is 1. The highest BCUT2D eigenvalue weighted by atomic mass is 16.5. The smallest absolute Gasteiger partial charge is 0.141 e. The highest BCUT2D eigenvalue weighted by molar-refractivity contribution is 5.34. The zero-order valence-corrected chi connectivity index (χ0v) is 11.7. The van der Waals surface area contributed by atoms with Crippen LogP contribution >= 0.6 is 0 Å². The summed E-state index contributed by atoms with van der Waals surface area (Å²) in [5, 5.41) is 7.60. The van der Waals surface area contributed by atoms with E-state index in [9.17, 15) is 0 Å². The van der Waals surface area contributed by atoms with E-state index in [-0.39, 0.29) is 5.41 Å². The van der Waals surface area contributed by atoms with E-state index in [1.165, 1.54) is 12.0 Å². The molecule has 1 aliphatic carbocycles. The van der Waals surface area contributed by atoms with Gasteiger partial charge in [0.1, 0.15) is 11.5 Å². The van der Waals surface area contributed by atoms with E-state index in [1.54, 1.807) is 0 Å². The first-order chi connectivity index (χ1) is 7.86. The molecule has 3 heteroatoms. The fourth-order valence-corrected chi connectivity index (χ4v) is 3.40. The van der Waals surface area contributed by atoms with E-state index in [2.05, 4.69) is 45.1 Å². The first-order valence-corrected chi connectivity index (χ1v) is 6.54. The molecular formula is C14H24N2O. The molecule has 0 radical (unpaired) electrons. The van der Waals surface area contributed by atoms with Crippen molar-refractivity contribution in [2.45, 2.75) is 59.4 Å². The number of nitrogens with one attached hydrogen (secondary N) is 1. The van der Waals surface area contributed by atoms with Crippen LogP contribution in [-0.2, 0) is 18.4 Å². The van der Waals surface area contributed by atoms with E-state index in [4.69, 9.17) is 4.52 Å². The van der Waals surface area contributed by atoms with Crippen molar-refractivity contribution >= 4 is 0 Å². The van der Waals surface area contributed by atoms with Gasteiger partial charge in [0, 0.05) is 18.5 Å². The molecule has 2 rings (SSSR count). The summed E-state index contributed by atoms with van der Waals surface area (Å²) in [7, 11) is 0. The molecule has 1 N–H and O–H groups in total. The molecule has 0 amide bonds. The number of nitrogens with zero attached hydrogens (tertiary/aromatic N) is 1. The average molecular weight is 236 g/mol. The summed E-state index contributed by atoms with van der Waals surface area (Å²) < 4.78 is 5.57. The summed E-state index contributed by atoms with van der Waals surface area (Å²) in [5.74, 6) is 1.10. The molecule has 0 fully saturated rings. The Balaban J connectivity index is 2.36. The molecular weight excluding hydrogens is 212 g/mol. The molecule has 0 unspecified atom stereocenters. The molecule has 1 heterocycles. The lowest BCUT2D eigenvalue weighted by molar-refractivity contribution is 0.203. The largest absolute Gasteiger partial charge is 0.361 e. The lowest BCUT2D eigenvalue weighted by Gasteiger charge is -2.39. The van der Waals surface area contributed by atoms with Crippen LogP contribution in [0, 0.1) is 5.41 Å². The molecule has 0 saturated carbocycles. The molecule has 0 atom stereocenters. The van der Waals surface area contributed by atoms with E-state index >= 15 is 0 Å². The van der Waals surface area contributed by atoms with Crippen molar-refractivity contribution in [2.24, 2.45) is 5.41 Å². The van der Waals surface area contributed by atoms with Crippen LogP contribution in [0.15, 0.2) is 4.52 Å². The molecule has 0 saturated heterocycles. The van der Waals surface area contributed by atoms with Gasteiger partial charge >= 0.3 is 0 Å². The predicted octanol–water partition coefficient (Wildman–Crippen LogP) is 3.03. The van der Waals surface area contributed by atoms with Crippen LogP contribution in [0.3, 0.4) is 0 Å². The maximum atomic E-state index is 5.57. The summed E-state index contributed by atoms with van der Waals surface area (Å²) in [6.45, 7) is 13.1. The summed E-state index contributed by atoms with van der Waals surface area (Å²) in [6.07, 6.45) is 2.19. The van der Waals surface area contributed by atoms with Crippen molar-refractivity contribution in [3.8, 4) is 0 Å². The Morgan fingerprint density at radius 3 is 2.65 bits per heavy atom. The van der Waals surface area contributed by atoms with E-state index in [0.29, 0.717) is 5.41 Å². The van der Waals surface area contributed by atoms with Crippen molar-refractivity contribution in [1.82, 2.24) is 10.5 Å². The van der Waals surface area contributed by atoms with E-state index in [1.807, 2.05) is 0 Å². The van der Waals surface area contributed by atoms with Gasteiger partial charge in [0.2, 0.25) is 0 Å². The zero-order valence-electron chi connectivity index (χ0n) is 11.7. The normalized spacial score (nSPS) is 21.2. The van der Waals surface area contributed by atoms with Gasteiger partial charge < -0.3 is 9.84 Å². The number of hydrogen-bond acceptors (Lipinski definition) is 3. The van der Waals surface area contributed by atoms with Crippen LogP contribution in [0.5, 0.6) is 0 Å². The first-order valence-electron chi connectivity index (χ1n) is 6.54. The Morgan fingerprint density at radius 2 is 2.00 bits per heavy atom. The molecule has 0 aromatic carbocycles. The maximum Gasteiger partial charge on any atom is 0.141 e. The van der Waals surface area contributed by atoms with Crippen LogP contribution < -0.4 is 5.32 Å². The third kappa shape index (κ3) is 2.39. The van der Waals surface area contributed by atoms with Crippen molar-refractivity contribution in [1.29, 1.82) is 0 Å². The van der Waals surface area contributed by atoms with Crippen LogP contribution in [0.2, 0.25) is 0 Å². The van der Waals surface area contributed by atoms with Gasteiger partial charge in [0.25, 0.3) is 0 Å². The Morgan fingerprint density at radius 1 is 1.29 bits per heavy atom. The second-order valence-corrected chi connectivity index (χ2v) is 6.61. The fraction of sp³-hybridized carbons (Fsp3) is 0.786. The molecule has 1 aromatic heterocycles. The Hall–Kier alpha value is -0.830. The third-order valence-electron chi connectivity index (χ3n) is 3.61. The quantitative estimate of drug-likeness (QED) is 0.876. The first kappa shape index (κ1) is 12.6. The molecule has 0 bridgehead atoms. The van der Waals surface area contributed by atoms with Gasteiger partial charge in [-0.3, -0.25) is 0 Å². The number of aromatic nitrogens is 1. The summed E-state index contributed by atoms with van der Waals surface area (Å²) in [6, 6.07) is 0. The number of rotatable bonds is 3. The molecule has 0 aliphatic heterocycles. The summed E-state index contributed by atoms with van der Waals surface area (Å²) in [5.41, 5.74) is 2.92. The standard InChI is InChI=1S/C14H24N2O/c1-6-15-8-10-12-11(17-16-10)7-13(2,3)9-14(12,4)5/h15H,6-9H2,1-5H3. The minimum Gasteiger partial charge on any atom is -0.361 e. The highest BCUT2D eigenvalue weighted by Gasteiger charge is 2.41. The van der Waals surface area contributed by atoms with Crippen LogP contribution in [0.1, 0.15) is 58.1 Å². The molecule has 3 nitrogen and oxygen atoms in total. The minimum absolute atomic E-state index is 0.168.